The fourth-order valence-electron chi connectivity index (χ4n) is 3.43. The molecule has 2 saturated heterocycles. The van der Waals surface area contributed by atoms with Crippen molar-refractivity contribution in [2.75, 3.05) is 7.05 Å². The Morgan fingerprint density at radius 2 is 2.00 bits per heavy atom. The van der Waals surface area contributed by atoms with Crippen LogP contribution in [0.15, 0.2) is 27.6 Å². The number of piperidine rings is 1. The van der Waals surface area contributed by atoms with Gasteiger partial charge < -0.3 is 14.8 Å². The van der Waals surface area contributed by atoms with E-state index in [9.17, 15) is 9.59 Å². The van der Waals surface area contributed by atoms with E-state index in [1.54, 1.807) is 12.3 Å². The van der Waals surface area contributed by atoms with Crippen LogP contribution in [0.1, 0.15) is 25.7 Å². The topological polar surface area (TPSA) is 54.3 Å². The Bertz CT molecular complexity index is 595. The number of carbonyl (C=O) groups is 1. The summed E-state index contributed by atoms with van der Waals surface area (Å²) in [5, 5.41) is 3.58. The average molecular weight is 391 g/mol. The van der Waals surface area contributed by atoms with Crippen molar-refractivity contribution in [1.29, 1.82) is 0 Å². The number of rotatable bonds is 3. The van der Waals surface area contributed by atoms with Crippen molar-refractivity contribution < 1.29 is 4.79 Å². The fourth-order valence-corrected chi connectivity index (χ4v) is 3.81. The lowest BCUT2D eigenvalue weighted by atomic mass is 9.98. The summed E-state index contributed by atoms with van der Waals surface area (Å²) in [5.74, 6) is 0.00139. The molecule has 2 fully saturated rings. The highest BCUT2D eigenvalue weighted by Crippen LogP contribution is 2.29. The van der Waals surface area contributed by atoms with Crippen molar-refractivity contribution >= 4 is 34.2 Å². The van der Waals surface area contributed by atoms with Gasteiger partial charge in [0.25, 0.3) is 5.56 Å². The Morgan fingerprint density at radius 1 is 1.36 bits per heavy atom. The highest BCUT2D eigenvalue weighted by molar-refractivity contribution is 9.10. The highest BCUT2D eigenvalue weighted by Gasteiger charge is 2.36. The molecule has 0 radical (unpaired) electrons. The molecule has 2 bridgehead atoms. The third-order valence-electron chi connectivity index (χ3n) is 4.64. The van der Waals surface area contributed by atoms with Gasteiger partial charge in [-0.3, -0.25) is 9.59 Å². The molecule has 0 aromatic carbocycles. The lowest BCUT2D eigenvalue weighted by molar-refractivity contribution is -0.133. The Morgan fingerprint density at radius 3 is 2.64 bits per heavy atom. The Labute approximate surface area is 144 Å². The van der Waals surface area contributed by atoms with Crippen LogP contribution in [0, 0.1) is 0 Å². The van der Waals surface area contributed by atoms with Crippen molar-refractivity contribution in [1.82, 2.24) is 14.8 Å². The standard InChI is InChI=1S/C15H20BrN3O2.ClH/c1-18(13-6-11-3-4-12(7-13)17-11)15(21)9-19-8-10(16)2-5-14(19)20;/h2,5,8,11-13,17H,3-4,6-7,9H2,1H3;1H. The monoisotopic (exact) mass is 389 g/mol. The molecule has 2 unspecified atom stereocenters. The zero-order valence-corrected chi connectivity index (χ0v) is 14.9. The van der Waals surface area contributed by atoms with Gasteiger partial charge in [0.15, 0.2) is 0 Å². The number of likely N-dealkylation sites (N-methyl/N-ethyl adjacent to an activating group) is 1. The molecule has 5 nitrogen and oxygen atoms in total. The van der Waals surface area contributed by atoms with E-state index in [1.807, 2.05) is 11.9 Å². The van der Waals surface area contributed by atoms with Crippen LogP contribution in [0.25, 0.3) is 0 Å². The van der Waals surface area contributed by atoms with Crippen LogP contribution >= 0.6 is 28.3 Å². The molecule has 2 aliphatic heterocycles. The molecule has 2 atom stereocenters. The molecular formula is C15H21BrClN3O2. The summed E-state index contributed by atoms with van der Waals surface area (Å²) in [6.45, 7) is 0.105. The Balaban J connectivity index is 0.00000176. The van der Waals surface area contributed by atoms with E-state index < -0.39 is 0 Å². The van der Waals surface area contributed by atoms with E-state index in [0.29, 0.717) is 18.1 Å². The molecule has 22 heavy (non-hydrogen) atoms. The molecule has 1 N–H and O–H groups in total. The zero-order chi connectivity index (χ0) is 15.0. The molecule has 1 amide bonds. The summed E-state index contributed by atoms with van der Waals surface area (Å²) in [6.07, 6.45) is 6.14. The fraction of sp³-hybridized carbons (Fsp3) is 0.600. The van der Waals surface area contributed by atoms with Crippen LogP contribution < -0.4 is 10.9 Å². The first kappa shape index (κ1) is 17.5. The van der Waals surface area contributed by atoms with E-state index in [4.69, 9.17) is 0 Å². The van der Waals surface area contributed by atoms with Crippen LogP contribution in [0.5, 0.6) is 0 Å². The van der Waals surface area contributed by atoms with Crippen molar-refractivity contribution in [2.45, 2.75) is 50.4 Å². The van der Waals surface area contributed by atoms with Gasteiger partial charge in [0, 0.05) is 41.9 Å². The van der Waals surface area contributed by atoms with Gasteiger partial charge in [0.05, 0.1) is 0 Å². The molecule has 0 spiro atoms. The summed E-state index contributed by atoms with van der Waals surface area (Å²) in [4.78, 5) is 26.1. The second kappa shape index (κ2) is 7.15. The van der Waals surface area contributed by atoms with Crippen molar-refractivity contribution in [2.24, 2.45) is 0 Å². The van der Waals surface area contributed by atoms with Gasteiger partial charge in [-0.1, -0.05) is 0 Å². The number of nitrogens with zero attached hydrogens (tertiary/aromatic N) is 2. The molecule has 0 saturated carbocycles. The molecule has 3 heterocycles. The molecule has 122 valence electrons. The number of aromatic nitrogens is 1. The molecule has 1 aromatic rings. The molecule has 7 heteroatoms. The third-order valence-corrected chi connectivity index (χ3v) is 5.11. The Hall–Kier alpha value is -0.850. The minimum atomic E-state index is -0.148. The van der Waals surface area contributed by atoms with E-state index >= 15 is 0 Å². The number of halogens is 2. The van der Waals surface area contributed by atoms with Crippen molar-refractivity contribution in [3.05, 3.63) is 33.2 Å². The first-order valence-electron chi connectivity index (χ1n) is 7.40. The second-order valence-corrected chi connectivity index (χ2v) is 7.00. The average Bonchev–Trinajstić information content (AvgIpc) is 2.80. The normalized spacial score (nSPS) is 26.4. The largest absolute Gasteiger partial charge is 0.341 e. The highest BCUT2D eigenvalue weighted by atomic mass is 79.9. The van der Waals surface area contributed by atoms with Gasteiger partial charge in [0.2, 0.25) is 5.91 Å². The summed E-state index contributed by atoms with van der Waals surface area (Å²) < 4.78 is 2.26. The van der Waals surface area contributed by atoms with Gasteiger partial charge in [0.1, 0.15) is 6.54 Å². The van der Waals surface area contributed by atoms with E-state index in [1.165, 1.54) is 23.5 Å². The minimum absolute atomic E-state index is 0. The number of hydrogen-bond donors (Lipinski definition) is 1. The van der Waals surface area contributed by atoms with Crippen molar-refractivity contribution in [3.63, 3.8) is 0 Å². The molecule has 3 rings (SSSR count). The maximum Gasteiger partial charge on any atom is 0.251 e. The second-order valence-electron chi connectivity index (χ2n) is 6.08. The third kappa shape index (κ3) is 3.73. The van der Waals surface area contributed by atoms with E-state index in [0.717, 1.165) is 17.3 Å². The summed E-state index contributed by atoms with van der Waals surface area (Å²) in [6, 6.07) is 4.56. The maximum atomic E-state index is 12.4. The molecule has 2 aliphatic rings. The number of hydrogen-bond acceptors (Lipinski definition) is 3. The van der Waals surface area contributed by atoms with Crippen molar-refractivity contribution in [3.8, 4) is 0 Å². The van der Waals surface area contributed by atoms with Gasteiger partial charge >= 0.3 is 0 Å². The zero-order valence-electron chi connectivity index (χ0n) is 12.5. The SMILES string of the molecule is CN(C(=O)Cn1cc(Br)ccc1=O)C1CC2CCC(C1)N2.Cl. The number of fused-ring (bicyclic) bond motifs is 2. The quantitative estimate of drug-likeness (QED) is 0.856. The van der Waals surface area contributed by atoms with Gasteiger partial charge in [-0.15, -0.1) is 12.4 Å². The first-order valence-corrected chi connectivity index (χ1v) is 8.20. The predicted molar refractivity (Wildman–Crippen MR) is 91.4 cm³/mol. The lowest BCUT2D eigenvalue weighted by Gasteiger charge is -2.35. The van der Waals surface area contributed by atoms with Gasteiger partial charge in [-0.2, -0.15) is 0 Å². The number of nitrogens with one attached hydrogen (secondary N) is 1. The lowest BCUT2D eigenvalue weighted by Crippen LogP contribution is -2.49. The Kier molecular flexibility index (Phi) is 5.69. The molecule has 0 aliphatic carbocycles. The first-order chi connectivity index (χ1) is 10.0. The summed E-state index contributed by atoms with van der Waals surface area (Å²) in [5.41, 5.74) is -0.148. The summed E-state index contributed by atoms with van der Waals surface area (Å²) in [7, 11) is 1.86. The van der Waals surface area contributed by atoms with Crippen LogP contribution in [0.2, 0.25) is 0 Å². The van der Waals surface area contributed by atoms with E-state index in [2.05, 4.69) is 21.2 Å². The summed E-state index contributed by atoms with van der Waals surface area (Å²) >= 11 is 3.33. The number of carbonyl (C=O) groups excluding carboxylic acids is 1. The number of amides is 1. The number of pyridine rings is 1. The van der Waals surface area contributed by atoms with Gasteiger partial charge in [-0.25, -0.2) is 0 Å². The van der Waals surface area contributed by atoms with Crippen LogP contribution in [-0.4, -0.2) is 40.5 Å². The van der Waals surface area contributed by atoms with Crippen LogP contribution in [-0.2, 0) is 11.3 Å². The predicted octanol–water partition coefficient (Wildman–Crippen LogP) is 1.77. The molecule has 1 aromatic heterocycles. The van der Waals surface area contributed by atoms with Gasteiger partial charge in [-0.05, 0) is 47.7 Å². The van der Waals surface area contributed by atoms with Crippen LogP contribution in [0.3, 0.4) is 0 Å². The maximum absolute atomic E-state index is 12.4. The molecular weight excluding hydrogens is 370 g/mol. The van der Waals surface area contributed by atoms with Crippen LogP contribution in [0.4, 0.5) is 0 Å². The van der Waals surface area contributed by atoms with E-state index in [-0.39, 0.29) is 30.4 Å². The minimum Gasteiger partial charge on any atom is -0.341 e. The smallest absolute Gasteiger partial charge is 0.251 e.